The Morgan fingerprint density at radius 3 is 2.84 bits per heavy atom. The van der Waals surface area contributed by atoms with Gasteiger partial charge < -0.3 is 15.2 Å². The first-order valence-corrected chi connectivity index (χ1v) is 6.54. The molecule has 19 heavy (non-hydrogen) atoms. The highest BCUT2D eigenvalue weighted by Gasteiger charge is 2.08. The van der Waals surface area contributed by atoms with Crippen LogP contribution in [0.4, 0.5) is 0 Å². The van der Waals surface area contributed by atoms with Gasteiger partial charge in [-0.25, -0.2) is 4.98 Å². The van der Waals surface area contributed by atoms with Crippen molar-refractivity contribution >= 4 is 27.5 Å². The van der Waals surface area contributed by atoms with Crippen LogP contribution < -0.4 is 15.2 Å². The van der Waals surface area contributed by atoms with Crippen molar-refractivity contribution in [2.45, 2.75) is 6.54 Å². The zero-order valence-corrected chi connectivity index (χ0v) is 12.4. The fraction of sp³-hybridized carbons (Fsp3) is 0.167. The Morgan fingerprint density at radius 2 is 2.21 bits per heavy atom. The molecule has 0 aliphatic rings. The van der Waals surface area contributed by atoms with Crippen molar-refractivity contribution in [2.75, 3.05) is 7.11 Å². The van der Waals surface area contributed by atoms with Crippen molar-refractivity contribution in [1.29, 1.82) is 0 Å². The fourth-order valence-electron chi connectivity index (χ4n) is 1.39. The summed E-state index contributed by atoms with van der Waals surface area (Å²) in [4.78, 5) is 8.11. The van der Waals surface area contributed by atoms with Crippen LogP contribution in [0.3, 0.4) is 0 Å². The number of benzene rings is 1. The summed E-state index contributed by atoms with van der Waals surface area (Å²) in [5.74, 6) is 0.932. The van der Waals surface area contributed by atoms with Gasteiger partial charge in [-0.1, -0.05) is 17.7 Å². The Bertz CT molecular complexity index is 595. The predicted molar refractivity (Wildman–Crippen MR) is 75.7 cm³/mol. The van der Waals surface area contributed by atoms with Crippen LogP contribution in [0.15, 0.2) is 28.9 Å². The average molecular weight is 345 g/mol. The van der Waals surface area contributed by atoms with E-state index >= 15 is 0 Å². The molecule has 1 heterocycles. The quantitative estimate of drug-likeness (QED) is 0.922. The van der Waals surface area contributed by atoms with Crippen molar-refractivity contribution in [3.8, 4) is 17.6 Å². The van der Waals surface area contributed by atoms with Gasteiger partial charge in [0.15, 0.2) is 0 Å². The van der Waals surface area contributed by atoms with Crippen LogP contribution in [0.2, 0.25) is 5.02 Å². The standard InChI is InChI=1S/C12H11BrClN3O2/c1-18-11-9(13)6-16-12(17-11)19-8-3-2-7(5-15)10(14)4-8/h2-4,6H,5,15H2,1H3. The third-order valence-electron chi connectivity index (χ3n) is 2.34. The number of aromatic nitrogens is 2. The Labute approximate surface area is 123 Å². The molecule has 0 radical (unpaired) electrons. The molecule has 0 aliphatic heterocycles. The molecule has 100 valence electrons. The molecule has 2 aromatic rings. The van der Waals surface area contributed by atoms with Gasteiger partial charge in [0.25, 0.3) is 0 Å². The summed E-state index contributed by atoms with van der Waals surface area (Å²) in [5.41, 5.74) is 6.39. The van der Waals surface area contributed by atoms with Crippen LogP contribution in [0, 0.1) is 0 Å². The first-order chi connectivity index (χ1) is 9.13. The van der Waals surface area contributed by atoms with Crippen LogP contribution in [-0.2, 0) is 6.54 Å². The molecule has 0 saturated heterocycles. The zero-order chi connectivity index (χ0) is 13.8. The molecule has 0 unspecified atom stereocenters. The van der Waals surface area contributed by atoms with Crippen LogP contribution >= 0.6 is 27.5 Å². The molecular weight excluding hydrogens is 334 g/mol. The third kappa shape index (κ3) is 3.34. The van der Waals surface area contributed by atoms with Crippen LogP contribution in [0.5, 0.6) is 17.6 Å². The SMILES string of the molecule is COc1nc(Oc2ccc(CN)c(Cl)c2)ncc1Br. The maximum Gasteiger partial charge on any atom is 0.325 e. The minimum absolute atomic E-state index is 0.177. The minimum atomic E-state index is 0.177. The van der Waals surface area contributed by atoms with Crippen molar-refractivity contribution in [3.63, 3.8) is 0 Å². The lowest BCUT2D eigenvalue weighted by Crippen LogP contribution is -1.98. The summed E-state index contributed by atoms with van der Waals surface area (Å²) in [6.07, 6.45) is 1.55. The Balaban J connectivity index is 2.23. The number of hydrogen-bond donors (Lipinski definition) is 1. The number of hydrogen-bond acceptors (Lipinski definition) is 5. The van der Waals surface area contributed by atoms with Gasteiger partial charge in [0.1, 0.15) is 5.75 Å². The molecule has 5 nitrogen and oxygen atoms in total. The molecule has 2 rings (SSSR count). The predicted octanol–water partition coefficient (Wildman–Crippen LogP) is 3.15. The normalized spacial score (nSPS) is 10.3. The van der Waals surface area contributed by atoms with E-state index in [1.165, 1.54) is 7.11 Å². The number of nitrogens with two attached hydrogens (primary N) is 1. The van der Waals surface area contributed by atoms with Gasteiger partial charge in [0.2, 0.25) is 5.88 Å². The molecule has 0 spiro atoms. The number of ether oxygens (including phenoxy) is 2. The maximum atomic E-state index is 6.05. The second-order valence-corrected chi connectivity index (χ2v) is 4.83. The Hall–Kier alpha value is -1.37. The lowest BCUT2D eigenvalue weighted by molar-refractivity contribution is 0.373. The van der Waals surface area contributed by atoms with E-state index in [-0.39, 0.29) is 6.01 Å². The molecule has 2 N–H and O–H groups in total. The number of methoxy groups -OCH3 is 1. The van der Waals surface area contributed by atoms with E-state index in [0.29, 0.717) is 27.7 Å². The van der Waals surface area contributed by atoms with Gasteiger partial charge in [-0.2, -0.15) is 4.98 Å². The Kier molecular flexibility index (Phi) is 4.57. The molecule has 0 amide bonds. The van der Waals surface area contributed by atoms with E-state index in [2.05, 4.69) is 25.9 Å². The van der Waals surface area contributed by atoms with Gasteiger partial charge in [0.05, 0.1) is 17.8 Å². The largest absolute Gasteiger partial charge is 0.480 e. The van der Waals surface area contributed by atoms with Crippen molar-refractivity contribution in [1.82, 2.24) is 9.97 Å². The van der Waals surface area contributed by atoms with Crippen molar-refractivity contribution < 1.29 is 9.47 Å². The second-order valence-electron chi connectivity index (χ2n) is 3.57. The highest BCUT2D eigenvalue weighted by atomic mass is 79.9. The first kappa shape index (κ1) is 14.0. The van der Waals surface area contributed by atoms with Gasteiger partial charge in [-0.3, -0.25) is 0 Å². The van der Waals surface area contributed by atoms with E-state index in [1.54, 1.807) is 24.4 Å². The lowest BCUT2D eigenvalue weighted by atomic mass is 10.2. The first-order valence-electron chi connectivity index (χ1n) is 5.37. The average Bonchev–Trinajstić information content (AvgIpc) is 2.41. The molecule has 1 aromatic carbocycles. The zero-order valence-electron chi connectivity index (χ0n) is 10.1. The number of halogens is 2. The van der Waals surface area contributed by atoms with Crippen molar-refractivity contribution in [3.05, 3.63) is 39.5 Å². The molecule has 0 aliphatic carbocycles. The summed E-state index contributed by atoms with van der Waals surface area (Å²) in [6.45, 7) is 0.377. The highest BCUT2D eigenvalue weighted by molar-refractivity contribution is 9.10. The lowest BCUT2D eigenvalue weighted by Gasteiger charge is -2.08. The minimum Gasteiger partial charge on any atom is -0.480 e. The summed E-state index contributed by atoms with van der Waals surface area (Å²) in [7, 11) is 1.52. The molecule has 0 saturated carbocycles. The van der Waals surface area contributed by atoms with E-state index in [9.17, 15) is 0 Å². The summed E-state index contributed by atoms with van der Waals surface area (Å²) >= 11 is 9.31. The van der Waals surface area contributed by atoms with E-state index < -0.39 is 0 Å². The number of rotatable bonds is 4. The summed E-state index contributed by atoms with van der Waals surface area (Å²) in [6, 6.07) is 5.40. The molecule has 0 bridgehead atoms. The maximum absolute atomic E-state index is 6.05. The van der Waals surface area contributed by atoms with Crippen LogP contribution in [0.1, 0.15) is 5.56 Å². The number of nitrogens with zero attached hydrogens (tertiary/aromatic N) is 2. The van der Waals surface area contributed by atoms with Gasteiger partial charge in [0, 0.05) is 11.6 Å². The highest BCUT2D eigenvalue weighted by Crippen LogP contribution is 2.28. The van der Waals surface area contributed by atoms with Crippen molar-refractivity contribution in [2.24, 2.45) is 5.73 Å². The second kappa shape index (κ2) is 6.18. The van der Waals surface area contributed by atoms with E-state index in [0.717, 1.165) is 5.56 Å². The van der Waals surface area contributed by atoms with Crippen LogP contribution in [-0.4, -0.2) is 17.1 Å². The monoisotopic (exact) mass is 343 g/mol. The molecular formula is C12H11BrClN3O2. The van der Waals surface area contributed by atoms with Gasteiger partial charge >= 0.3 is 6.01 Å². The summed E-state index contributed by atoms with van der Waals surface area (Å²) < 4.78 is 11.2. The third-order valence-corrected chi connectivity index (χ3v) is 3.23. The Morgan fingerprint density at radius 1 is 1.42 bits per heavy atom. The molecule has 0 atom stereocenters. The van der Waals surface area contributed by atoms with Gasteiger partial charge in [-0.15, -0.1) is 0 Å². The molecule has 7 heteroatoms. The van der Waals surface area contributed by atoms with E-state index in [4.69, 9.17) is 26.8 Å². The van der Waals surface area contributed by atoms with Crippen LogP contribution in [0.25, 0.3) is 0 Å². The van der Waals surface area contributed by atoms with Gasteiger partial charge in [-0.05, 0) is 33.6 Å². The topological polar surface area (TPSA) is 70.3 Å². The summed E-state index contributed by atoms with van der Waals surface area (Å²) in [5, 5.41) is 0.545. The molecule has 1 aromatic heterocycles. The van der Waals surface area contributed by atoms with E-state index in [1.807, 2.05) is 0 Å². The molecule has 0 fully saturated rings. The fourth-order valence-corrected chi connectivity index (χ4v) is 1.99. The smallest absolute Gasteiger partial charge is 0.325 e.